The zero-order valence-electron chi connectivity index (χ0n) is 15.7. The fraction of sp³-hybridized carbons (Fsp3) is 0.417. The molecule has 0 unspecified atom stereocenters. The highest BCUT2D eigenvalue weighted by Gasteiger charge is 2.19. The number of hydrogen-bond acceptors (Lipinski definition) is 1. The van der Waals surface area contributed by atoms with Crippen molar-refractivity contribution in [2.24, 2.45) is 5.92 Å². The molecule has 1 aliphatic heterocycles. The Balaban J connectivity index is 1.16. The molecule has 2 heteroatoms. The molecular weight excluding hydrogens is 316 g/mol. The maximum absolute atomic E-state index is 3.39. The molecule has 0 bridgehead atoms. The Kier molecular flexibility index (Phi) is 5.71. The Morgan fingerprint density at radius 2 is 1.65 bits per heavy atom. The highest BCUT2D eigenvalue weighted by atomic mass is 15.1. The SMILES string of the molecule is c1ccc(CC2CCN(CCCCc3c[nH]c4ccccc34)CC2)cc1. The quantitative estimate of drug-likeness (QED) is 0.564. The second-order valence-corrected chi connectivity index (χ2v) is 7.79. The first-order chi connectivity index (χ1) is 12.9. The normalized spacial score (nSPS) is 16.3. The van der Waals surface area contributed by atoms with E-state index in [1.54, 1.807) is 0 Å². The smallest absolute Gasteiger partial charge is 0.0456 e. The lowest BCUT2D eigenvalue weighted by Gasteiger charge is -2.32. The molecular formula is C24H30N2. The van der Waals surface area contributed by atoms with Crippen LogP contribution in [0.25, 0.3) is 10.9 Å². The first-order valence-corrected chi connectivity index (χ1v) is 10.2. The number of para-hydroxylation sites is 1. The van der Waals surface area contributed by atoms with Crippen molar-refractivity contribution >= 4 is 10.9 Å². The van der Waals surface area contributed by atoms with Gasteiger partial charge in [-0.3, -0.25) is 0 Å². The molecule has 2 aromatic carbocycles. The second-order valence-electron chi connectivity index (χ2n) is 7.79. The van der Waals surface area contributed by atoms with Gasteiger partial charge < -0.3 is 9.88 Å². The van der Waals surface area contributed by atoms with Gasteiger partial charge in [0.25, 0.3) is 0 Å². The molecule has 1 aliphatic rings. The average Bonchev–Trinajstić information content (AvgIpc) is 3.11. The molecule has 1 aromatic heterocycles. The van der Waals surface area contributed by atoms with Crippen LogP contribution in [0.15, 0.2) is 60.8 Å². The zero-order chi connectivity index (χ0) is 17.6. The number of aromatic amines is 1. The van der Waals surface area contributed by atoms with Gasteiger partial charge in [-0.05, 0) is 81.3 Å². The van der Waals surface area contributed by atoms with Gasteiger partial charge in [0.1, 0.15) is 0 Å². The van der Waals surface area contributed by atoms with Gasteiger partial charge in [0.2, 0.25) is 0 Å². The molecule has 136 valence electrons. The Bertz CT molecular complexity index is 797. The van der Waals surface area contributed by atoms with Gasteiger partial charge in [-0.15, -0.1) is 0 Å². The first-order valence-electron chi connectivity index (χ1n) is 10.2. The van der Waals surface area contributed by atoms with E-state index in [1.165, 1.54) is 80.2 Å². The molecule has 0 saturated carbocycles. The Morgan fingerprint density at radius 1 is 0.885 bits per heavy atom. The van der Waals surface area contributed by atoms with Crippen molar-refractivity contribution < 1.29 is 0 Å². The third-order valence-electron chi connectivity index (χ3n) is 5.92. The summed E-state index contributed by atoms with van der Waals surface area (Å²) in [6, 6.07) is 19.6. The van der Waals surface area contributed by atoms with Crippen molar-refractivity contribution in [1.29, 1.82) is 0 Å². The van der Waals surface area contributed by atoms with Crippen molar-refractivity contribution in [3.8, 4) is 0 Å². The number of aryl methyl sites for hydroxylation is 1. The maximum atomic E-state index is 3.39. The summed E-state index contributed by atoms with van der Waals surface area (Å²) in [4.78, 5) is 6.07. The minimum absolute atomic E-state index is 0.875. The molecule has 0 radical (unpaired) electrons. The summed E-state index contributed by atoms with van der Waals surface area (Å²) in [7, 11) is 0. The summed E-state index contributed by atoms with van der Waals surface area (Å²) < 4.78 is 0. The molecule has 26 heavy (non-hydrogen) atoms. The number of rotatable bonds is 7. The highest BCUT2D eigenvalue weighted by molar-refractivity contribution is 5.82. The molecule has 0 atom stereocenters. The number of benzene rings is 2. The molecule has 0 aliphatic carbocycles. The molecule has 3 aromatic rings. The summed E-state index contributed by atoms with van der Waals surface area (Å²) in [5.74, 6) is 0.875. The Morgan fingerprint density at radius 3 is 2.50 bits per heavy atom. The van der Waals surface area contributed by atoms with E-state index >= 15 is 0 Å². The Labute approximate surface area is 157 Å². The van der Waals surface area contributed by atoms with Crippen molar-refractivity contribution in [3.63, 3.8) is 0 Å². The van der Waals surface area contributed by atoms with Crippen LogP contribution in [0.2, 0.25) is 0 Å². The number of unbranched alkanes of at least 4 members (excludes halogenated alkanes) is 1. The number of fused-ring (bicyclic) bond motifs is 1. The fourth-order valence-corrected chi connectivity index (χ4v) is 4.35. The van der Waals surface area contributed by atoms with E-state index in [0.29, 0.717) is 0 Å². The van der Waals surface area contributed by atoms with Crippen LogP contribution in [0, 0.1) is 5.92 Å². The van der Waals surface area contributed by atoms with E-state index in [4.69, 9.17) is 0 Å². The van der Waals surface area contributed by atoms with E-state index in [9.17, 15) is 0 Å². The Hall–Kier alpha value is -2.06. The topological polar surface area (TPSA) is 19.0 Å². The summed E-state index contributed by atoms with van der Waals surface area (Å²) in [6.45, 7) is 3.83. The summed E-state index contributed by atoms with van der Waals surface area (Å²) in [6.07, 6.45) is 9.95. The summed E-state index contributed by atoms with van der Waals surface area (Å²) in [5.41, 5.74) is 4.25. The monoisotopic (exact) mass is 346 g/mol. The van der Waals surface area contributed by atoms with Crippen molar-refractivity contribution in [1.82, 2.24) is 9.88 Å². The number of H-pyrrole nitrogens is 1. The second kappa shape index (κ2) is 8.55. The van der Waals surface area contributed by atoms with Crippen LogP contribution in [-0.2, 0) is 12.8 Å². The highest BCUT2D eigenvalue weighted by Crippen LogP contribution is 2.23. The number of hydrogen-bond donors (Lipinski definition) is 1. The van der Waals surface area contributed by atoms with Gasteiger partial charge in [-0.1, -0.05) is 48.5 Å². The van der Waals surface area contributed by atoms with Crippen LogP contribution in [0.4, 0.5) is 0 Å². The van der Waals surface area contributed by atoms with Gasteiger partial charge in [-0.25, -0.2) is 0 Å². The van der Waals surface area contributed by atoms with E-state index in [1.807, 2.05) is 0 Å². The minimum Gasteiger partial charge on any atom is -0.361 e. The van der Waals surface area contributed by atoms with Gasteiger partial charge in [0.05, 0.1) is 0 Å². The van der Waals surface area contributed by atoms with E-state index in [0.717, 1.165) is 5.92 Å². The van der Waals surface area contributed by atoms with Gasteiger partial charge in [0, 0.05) is 17.1 Å². The van der Waals surface area contributed by atoms with Crippen LogP contribution in [-0.4, -0.2) is 29.5 Å². The number of likely N-dealkylation sites (tertiary alicyclic amines) is 1. The lowest BCUT2D eigenvalue weighted by molar-refractivity contribution is 0.181. The van der Waals surface area contributed by atoms with E-state index in [2.05, 4.69) is 70.7 Å². The molecule has 2 nitrogen and oxygen atoms in total. The predicted molar refractivity (Wildman–Crippen MR) is 111 cm³/mol. The third kappa shape index (κ3) is 4.37. The molecule has 1 saturated heterocycles. The minimum atomic E-state index is 0.875. The molecule has 0 amide bonds. The van der Waals surface area contributed by atoms with Gasteiger partial charge in [0.15, 0.2) is 0 Å². The third-order valence-corrected chi connectivity index (χ3v) is 5.92. The number of nitrogens with one attached hydrogen (secondary N) is 1. The number of piperidine rings is 1. The largest absolute Gasteiger partial charge is 0.361 e. The predicted octanol–water partition coefficient (Wildman–Crippen LogP) is 5.45. The fourth-order valence-electron chi connectivity index (χ4n) is 4.35. The molecule has 0 spiro atoms. The lowest BCUT2D eigenvalue weighted by atomic mass is 9.90. The van der Waals surface area contributed by atoms with Crippen LogP contribution in [0.5, 0.6) is 0 Å². The lowest BCUT2D eigenvalue weighted by Crippen LogP contribution is -2.35. The van der Waals surface area contributed by atoms with Crippen LogP contribution >= 0.6 is 0 Å². The summed E-state index contributed by atoms with van der Waals surface area (Å²) in [5, 5.41) is 1.40. The molecule has 2 heterocycles. The number of nitrogens with zero attached hydrogens (tertiary/aromatic N) is 1. The van der Waals surface area contributed by atoms with Crippen molar-refractivity contribution in [2.75, 3.05) is 19.6 Å². The maximum Gasteiger partial charge on any atom is 0.0456 e. The van der Waals surface area contributed by atoms with Crippen molar-refractivity contribution in [2.45, 2.75) is 38.5 Å². The van der Waals surface area contributed by atoms with Crippen LogP contribution in [0.1, 0.15) is 36.8 Å². The first kappa shape index (κ1) is 17.4. The summed E-state index contributed by atoms with van der Waals surface area (Å²) >= 11 is 0. The number of aromatic nitrogens is 1. The molecule has 1 N–H and O–H groups in total. The van der Waals surface area contributed by atoms with E-state index < -0.39 is 0 Å². The standard InChI is InChI=1S/C24H30N2/c1-2-8-20(9-3-1)18-21-13-16-26(17-14-21)15-7-6-10-22-19-25-24-12-5-4-11-23(22)24/h1-5,8-9,11-12,19,21,25H,6-7,10,13-18H2. The van der Waals surface area contributed by atoms with Crippen LogP contribution in [0.3, 0.4) is 0 Å². The molecule has 1 fully saturated rings. The average molecular weight is 347 g/mol. The zero-order valence-corrected chi connectivity index (χ0v) is 15.7. The van der Waals surface area contributed by atoms with Crippen LogP contribution < -0.4 is 0 Å². The van der Waals surface area contributed by atoms with Crippen molar-refractivity contribution in [3.05, 3.63) is 71.9 Å². The van der Waals surface area contributed by atoms with E-state index in [-0.39, 0.29) is 0 Å². The van der Waals surface area contributed by atoms with Gasteiger partial charge in [-0.2, -0.15) is 0 Å². The molecule has 4 rings (SSSR count). The van der Waals surface area contributed by atoms with Gasteiger partial charge >= 0.3 is 0 Å².